The van der Waals surface area contributed by atoms with Crippen molar-refractivity contribution in [1.82, 2.24) is 9.97 Å². The van der Waals surface area contributed by atoms with E-state index < -0.39 is 17.5 Å². The molecule has 1 aromatic heterocycles. The van der Waals surface area contributed by atoms with Gasteiger partial charge in [0.25, 0.3) is 5.91 Å². The fourth-order valence-corrected chi connectivity index (χ4v) is 3.57. The van der Waals surface area contributed by atoms with Crippen LogP contribution in [0.1, 0.15) is 47.2 Å². The lowest BCUT2D eigenvalue weighted by Gasteiger charge is -2.17. The van der Waals surface area contributed by atoms with Crippen molar-refractivity contribution in [3.05, 3.63) is 65.0 Å². The van der Waals surface area contributed by atoms with Crippen LogP contribution < -0.4 is 21.5 Å². The minimum Gasteiger partial charge on any atom is -0.486 e. The van der Waals surface area contributed by atoms with E-state index in [0.717, 1.165) is 18.4 Å². The number of aromatic nitrogens is 2. The predicted molar refractivity (Wildman–Crippen MR) is 122 cm³/mol. The third-order valence-electron chi connectivity index (χ3n) is 5.48. The van der Waals surface area contributed by atoms with Crippen LogP contribution in [-0.4, -0.2) is 28.5 Å². The maximum absolute atomic E-state index is 14.6. The Morgan fingerprint density at radius 1 is 1.24 bits per heavy atom. The zero-order chi connectivity index (χ0) is 23.7. The molecule has 2 aromatic carbocycles. The van der Waals surface area contributed by atoms with Crippen LogP contribution >= 0.6 is 0 Å². The quantitative estimate of drug-likeness (QED) is 0.495. The Bertz CT molecular complexity index is 1210. The van der Waals surface area contributed by atoms with Crippen molar-refractivity contribution in [2.24, 2.45) is 5.73 Å². The van der Waals surface area contributed by atoms with Crippen molar-refractivity contribution in [3.8, 4) is 17.0 Å². The molecule has 4 rings (SSSR count). The van der Waals surface area contributed by atoms with Gasteiger partial charge in [0.15, 0.2) is 11.6 Å². The average molecular weight is 453 g/mol. The normalized spacial score (nSPS) is 14.1. The Kier molecular flexibility index (Phi) is 6.24. The molecule has 1 aliphatic carbocycles. The number of anilines is 2. The summed E-state index contributed by atoms with van der Waals surface area (Å²) in [5.41, 5.74) is 13.8. The molecule has 3 aromatic rings. The molecule has 1 saturated carbocycles. The van der Waals surface area contributed by atoms with E-state index in [2.05, 4.69) is 15.3 Å². The molecule has 5 N–H and O–H groups in total. The molecular weight excluding hydrogens is 428 g/mol. The van der Waals surface area contributed by atoms with Gasteiger partial charge in [-0.15, -0.1) is 0 Å². The van der Waals surface area contributed by atoms with Gasteiger partial charge >= 0.3 is 0 Å². The molecule has 1 atom stereocenters. The highest BCUT2D eigenvalue weighted by atomic mass is 19.1. The van der Waals surface area contributed by atoms with Gasteiger partial charge in [-0.25, -0.2) is 18.7 Å². The van der Waals surface area contributed by atoms with Crippen LogP contribution in [0.25, 0.3) is 11.3 Å². The number of nitrogens with zero attached hydrogens (tertiary/aromatic N) is 2. The first kappa shape index (κ1) is 22.6. The SMILES string of the molecule is Cc1c(NC(=O)c2ccc(C3CC3)cc2F)cc(F)cc1-c1ncnc(N)c1OC[C@H](C)N. The molecule has 7 nitrogen and oxygen atoms in total. The maximum Gasteiger partial charge on any atom is 0.258 e. The molecule has 1 amide bonds. The van der Waals surface area contributed by atoms with Crippen LogP contribution in [0.3, 0.4) is 0 Å². The van der Waals surface area contributed by atoms with Crippen LogP contribution in [-0.2, 0) is 0 Å². The van der Waals surface area contributed by atoms with E-state index in [1.165, 1.54) is 30.6 Å². The van der Waals surface area contributed by atoms with Gasteiger partial charge < -0.3 is 21.5 Å². The third kappa shape index (κ3) is 4.93. The Balaban J connectivity index is 1.67. The molecule has 0 radical (unpaired) electrons. The number of nitrogens with two attached hydrogens (primary N) is 2. The fourth-order valence-electron chi connectivity index (χ4n) is 3.57. The lowest BCUT2D eigenvalue weighted by Crippen LogP contribution is -2.24. The summed E-state index contributed by atoms with van der Waals surface area (Å²) in [6, 6.07) is 6.76. The Hall–Kier alpha value is -3.59. The van der Waals surface area contributed by atoms with Crippen molar-refractivity contribution in [2.75, 3.05) is 17.7 Å². The maximum atomic E-state index is 14.6. The first-order valence-corrected chi connectivity index (χ1v) is 10.6. The molecule has 0 aliphatic heterocycles. The summed E-state index contributed by atoms with van der Waals surface area (Å²) < 4.78 is 34.8. The minimum atomic E-state index is -0.676. The smallest absolute Gasteiger partial charge is 0.258 e. The largest absolute Gasteiger partial charge is 0.486 e. The number of ether oxygens (including phenoxy) is 1. The number of nitrogen functional groups attached to an aromatic ring is 1. The zero-order valence-corrected chi connectivity index (χ0v) is 18.4. The molecule has 0 unspecified atom stereocenters. The number of hydrogen-bond donors (Lipinski definition) is 3. The van der Waals surface area contributed by atoms with E-state index in [0.29, 0.717) is 17.0 Å². The van der Waals surface area contributed by atoms with Gasteiger partial charge in [0.1, 0.15) is 30.3 Å². The number of rotatable bonds is 7. The van der Waals surface area contributed by atoms with E-state index in [-0.39, 0.29) is 41.2 Å². The summed E-state index contributed by atoms with van der Waals surface area (Å²) in [6.45, 7) is 3.60. The zero-order valence-electron chi connectivity index (χ0n) is 18.4. The highest BCUT2D eigenvalue weighted by molar-refractivity contribution is 6.05. The van der Waals surface area contributed by atoms with Gasteiger partial charge in [-0.3, -0.25) is 4.79 Å². The Morgan fingerprint density at radius 3 is 2.67 bits per heavy atom. The summed E-state index contributed by atoms with van der Waals surface area (Å²) in [4.78, 5) is 20.9. The molecule has 1 fully saturated rings. The predicted octanol–water partition coefficient (Wildman–Crippen LogP) is 4.17. The lowest BCUT2D eigenvalue weighted by molar-refractivity contribution is 0.102. The summed E-state index contributed by atoms with van der Waals surface area (Å²) in [7, 11) is 0. The molecule has 0 bridgehead atoms. The second kappa shape index (κ2) is 9.11. The van der Waals surface area contributed by atoms with Crippen LogP contribution in [0.4, 0.5) is 20.3 Å². The number of carbonyl (C=O) groups excluding carboxylic acids is 1. The monoisotopic (exact) mass is 453 g/mol. The lowest BCUT2D eigenvalue weighted by atomic mass is 10.0. The van der Waals surface area contributed by atoms with E-state index in [1.807, 2.05) is 0 Å². The van der Waals surface area contributed by atoms with Gasteiger partial charge in [0, 0.05) is 17.3 Å². The van der Waals surface area contributed by atoms with Crippen molar-refractivity contribution in [2.45, 2.75) is 38.6 Å². The first-order valence-electron chi connectivity index (χ1n) is 10.6. The average Bonchev–Trinajstić information content (AvgIpc) is 3.60. The second-order valence-electron chi connectivity index (χ2n) is 8.32. The number of hydrogen-bond acceptors (Lipinski definition) is 6. The van der Waals surface area contributed by atoms with Crippen molar-refractivity contribution < 1.29 is 18.3 Å². The van der Waals surface area contributed by atoms with E-state index in [9.17, 15) is 13.6 Å². The molecule has 0 spiro atoms. The molecule has 172 valence electrons. The third-order valence-corrected chi connectivity index (χ3v) is 5.48. The molecule has 0 saturated heterocycles. The number of halogens is 2. The topological polar surface area (TPSA) is 116 Å². The van der Waals surface area contributed by atoms with Gasteiger partial charge in [-0.05, 0) is 68.0 Å². The number of amides is 1. The summed E-state index contributed by atoms with van der Waals surface area (Å²) in [5, 5.41) is 2.61. The van der Waals surface area contributed by atoms with Crippen molar-refractivity contribution in [3.63, 3.8) is 0 Å². The Labute approximate surface area is 190 Å². The minimum absolute atomic E-state index is 0.0766. The van der Waals surface area contributed by atoms with Gasteiger partial charge in [0.2, 0.25) is 0 Å². The summed E-state index contributed by atoms with van der Waals surface area (Å²) >= 11 is 0. The number of benzene rings is 2. The molecular formula is C24H25F2N5O2. The first-order chi connectivity index (χ1) is 15.7. The van der Waals surface area contributed by atoms with E-state index >= 15 is 0 Å². The van der Waals surface area contributed by atoms with Gasteiger partial charge in [-0.2, -0.15) is 0 Å². The summed E-state index contributed by atoms with van der Waals surface area (Å²) in [6.07, 6.45) is 3.29. The molecule has 1 aliphatic rings. The van der Waals surface area contributed by atoms with Crippen LogP contribution in [0.5, 0.6) is 5.75 Å². The van der Waals surface area contributed by atoms with Gasteiger partial charge in [-0.1, -0.05) is 6.07 Å². The van der Waals surface area contributed by atoms with Crippen LogP contribution in [0.15, 0.2) is 36.7 Å². The highest BCUT2D eigenvalue weighted by Crippen LogP contribution is 2.40. The summed E-state index contributed by atoms with van der Waals surface area (Å²) in [5.74, 6) is -1.30. The molecule has 9 heteroatoms. The fraction of sp³-hybridized carbons (Fsp3) is 0.292. The van der Waals surface area contributed by atoms with Crippen LogP contribution in [0, 0.1) is 18.6 Å². The number of nitrogens with one attached hydrogen (secondary N) is 1. The molecule has 33 heavy (non-hydrogen) atoms. The highest BCUT2D eigenvalue weighted by Gasteiger charge is 2.25. The molecule has 1 heterocycles. The van der Waals surface area contributed by atoms with Gasteiger partial charge in [0.05, 0.1) is 5.56 Å². The van der Waals surface area contributed by atoms with E-state index in [4.69, 9.17) is 16.2 Å². The number of carbonyl (C=O) groups is 1. The standard InChI is InChI=1S/C24H25F2N5O2/c1-12(27)10-33-22-21(29-11-30-23(22)28)18-8-16(25)9-20(13(18)2)31-24(32)17-6-5-15(7-19(17)26)14-3-4-14/h5-9,11-12,14H,3-4,10,27H2,1-2H3,(H,31,32)(H2,28,29,30)/t12-/m0/s1. The van der Waals surface area contributed by atoms with Crippen molar-refractivity contribution >= 4 is 17.4 Å². The van der Waals surface area contributed by atoms with E-state index in [1.54, 1.807) is 19.9 Å². The van der Waals surface area contributed by atoms with Crippen LogP contribution in [0.2, 0.25) is 0 Å². The Morgan fingerprint density at radius 2 is 2.00 bits per heavy atom. The second-order valence-corrected chi connectivity index (χ2v) is 8.32. The van der Waals surface area contributed by atoms with Crippen molar-refractivity contribution in [1.29, 1.82) is 0 Å².